The molecule has 0 fully saturated rings. The topological polar surface area (TPSA) is 9.23 Å². The summed E-state index contributed by atoms with van der Waals surface area (Å²) < 4.78 is 18.7. The first-order valence-corrected chi connectivity index (χ1v) is 5.18. The summed E-state index contributed by atoms with van der Waals surface area (Å²) in [5.74, 6) is 0.343. The van der Waals surface area contributed by atoms with E-state index in [0.717, 1.165) is 23.1 Å². The number of rotatable bonds is 4. The summed E-state index contributed by atoms with van der Waals surface area (Å²) in [5, 5.41) is 0. The molecule has 1 rings (SSSR count). The second kappa shape index (κ2) is 4.96. The average Bonchev–Trinajstić information content (AvgIpc) is 2.26. The summed E-state index contributed by atoms with van der Waals surface area (Å²) in [6.45, 7) is 7.90. The van der Waals surface area contributed by atoms with Gasteiger partial charge in [0.15, 0.2) is 0 Å². The van der Waals surface area contributed by atoms with Gasteiger partial charge in [0.2, 0.25) is 0 Å². The van der Waals surface area contributed by atoms with Crippen LogP contribution in [0.3, 0.4) is 0 Å². The monoisotopic (exact) mass is 208 g/mol. The molecular formula is C13H17FO. The average molecular weight is 208 g/mol. The zero-order valence-corrected chi connectivity index (χ0v) is 9.56. The number of hydrogen-bond donors (Lipinski definition) is 0. The maximum absolute atomic E-state index is 13.7. The molecule has 0 amide bonds. The van der Waals surface area contributed by atoms with Crippen LogP contribution >= 0.6 is 0 Å². The molecular weight excluding hydrogens is 191 g/mol. The van der Waals surface area contributed by atoms with Gasteiger partial charge in [0.25, 0.3) is 0 Å². The highest BCUT2D eigenvalue weighted by Gasteiger charge is 2.11. The number of hydrogen-bond acceptors (Lipinski definition) is 1. The number of halogens is 1. The Morgan fingerprint density at radius 2 is 2.07 bits per heavy atom. The van der Waals surface area contributed by atoms with Crippen LogP contribution in [0.15, 0.2) is 18.7 Å². The van der Waals surface area contributed by atoms with Crippen molar-refractivity contribution >= 4 is 5.57 Å². The fraction of sp³-hybridized carbons (Fsp3) is 0.385. The van der Waals surface area contributed by atoms with E-state index in [2.05, 4.69) is 6.58 Å². The van der Waals surface area contributed by atoms with Crippen molar-refractivity contribution in [2.45, 2.75) is 26.7 Å². The van der Waals surface area contributed by atoms with E-state index in [1.807, 2.05) is 19.9 Å². The predicted octanol–water partition coefficient (Wildman–Crippen LogP) is 3.82. The predicted molar refractivity (Wildman–Crippen MR) is 61.7 cm³/mol. The van der Waals surface area contributed by atoms with Crippen molar-refractivity contribution in [2.24, 2.45) is 0 Å². The van der Waals surface area contributed by atoms with Gasteiger partial charge >= 0.3 is 0 Å². The quantitative estimate of drug-likeness (QED) is 0.731. The van der Waals surface area contributed by atoms with Gasteiger partial charge in [0, 0.05) is 6.07 Å². The summed E-state index contributed by atoms with van der Waals surface area (Å²) in [7, 11) is 1.54. The molecule has 0 N–H and O–H groups in total. The molecule has 0 unspecified atom stereocenters. The molecule has 0 aliphatic carbocycles. The van der Waals surface area contributed by atoms with E-state index in [9.17, 15) is 4.39 Å². The van der Waals surface area contributed by atoms with Crippen molar-refractivity contribution in [3.05, 3.63) is 35.7 Å². The van der Waals surface area contributed by atoms with Crippen molar-refractivity contribution in [1.29, 1.82) is 0 Å². The molecule has 15 heavy (non-hydrogen) atoms. The summed E-state index contributed by atoms with van der Waals surface area (Å²) in [6.07, 6.45) is 1.49. The molecule has 1 aromatic carbocycles. The zero-order valence-electron chi connectivity index (χ0n) is 9.56. The normalized spacial score (nSPS) is 10.1. The van der Waals surface area contributed by atoms with E-state index >= 15 is 0 Å². The molecule has 0 aliphatic rings. The van der Waals surface area contributed by atoms with E-state index in [0.29, 0.717) is 12.2 Å². The lowest BCUT2D eigenvalue weighted by Crippen LogP contribution is -1.97. The highest BCUT2D eigenvalue weighted by molar-refractivity contribution is 5.67. The minimum atomic E-state index is -0.207. The van der Waals surface area contributed by atoms with Gasteiger partial charge in [-0.2, -0.15) is 0 Å². The van der Waals surface area contributed by atoms with E-state index < -0.39 is 0 Å². The van der Waals surface area contributed by atoms with E-state index in [-0.39, 0.29) is 5.82 Å². The van der Waals surface area contributed by atoms with Crippen molar-refractivity contribution in [3.63, 3.8) is 0 Å². The van der Waals surface area contributed by atoms with Crippen molar-refractivity contribution < 1.29 is 9.13 Å². The highest BCUT2D eigenvalue weighted by Crippen LogP contribution is 2.28. The van der Waals surface area contributed by atoms with Crippen LogP contribution in [-0.4, -0.2) is 7.11 Å². The van der Waals surface area contributed by atoms with Crippen LogP contribution in [0.1, 0.15) is 31.4 Å². The number of benzene rings is 1. The van der Waals surface area contributed by atoms with Gasteiger partial charge in [-0.25, -0.2) is 4.39 Å². The Hall–Kier alpha value is -1.31. The van der Waals surface area contributed by atoms with E-state index in [4.69, 9.17) is 4.74 Å². The van der Waals surface area contributed by atoms with Crippen LogP contribution in [0.25, 0.3) is 5.57 Å². The minimum Gasteiger partial charge on any atom is -0.497 e. The molecule has 2 heteroatoms. The molecule has 0 spiro atoms. The first-order valence-electron chi connectivity index (χ1n) is 5.18. The Kier molecular flexibility index (Phi) is 3.89. The van der Waals surface area contributed by atoms with Crippen LogP contribution in [0.5, 0.6) is 5.75 Å². The van der Waals surface area contributed by atoms with Crippen LogP contribution in [0, 0.1) is 5.82 Å². The summed E-state index contributed by atoms with van der Waals surface area (Å²) in [4.78, 5) is 0. The van der Waals surface area contributed by atoms with Crippen molar-refractivity contribution in [3.8, 4) is 5.75 Å². The van der Waals surface area contributed by atoms with Crippen LogP contribution in [-0.2, 0) is 6.42 Å². The fourth-order valence-electron chi connectivity index (χ4n) is 1.59. The van der Waals surface area contributed by atoms with E-state index in [1.54, 1.807) is 7.11 Å². The largest absolute Gasteiger partial charge is 0.497 e. The fourth-order valence-corrected chi connectivity index (χ4v) is 1.59. The molecule has 0 heterocycles. The molecule has 0 radical (unpaired) electrons. The smallest absolute Gasteiger partial charge is 0.130 e. The Bertz CT molecular complexity index is 369. The van der Waals surface area contributed by atoms with E-state index in [1.165, 1.54) is 6.07 Å². The summed E-state index contributed by atoms with van der Waals surface area (Å²) >= 11 is 0. The second-order valence-corrected chi connectivity index (χ2v) is 3.45. The molecule has 0 bridgehead atoms. The van der Waals surface area contributed by atoms with Gasteiger partial charge < -0.3 is 4.74 Å². The molecule has 0 aliphatic heterocycles. The third kappa shape index (κ3) is 2.38. The maximum Gasteiger partial charge on any atom is 0.130 e. The SMILES string of the molecule is C=C(CC)c1cc(OC)cc(F)c1CC. The third-order valence-electron chi connectivity index (χ3n) is 2.57. The first kappa shape index (κ1) is 11.8. The van der Waals surface area contributed by atoms with Crippen molar-refractivity contribution in [1.82, 2.24) is 0 Å². The van der Waals surface area contributed by atoms with Gasteiger partial charge in [-0.1, -0.05) is 20.4 Å². The molecule has 1 nitrogen and oxygen atoms in total. The molecule has 82 valence electrons. The molecule has 0 aromatic heterocycles. The lowest BCUT2D eigenvalue weighted by molar-refractivity contribution is 0.410. The molecule has 1 aromatic rings. The van der Waals surface area contributed by atoms with Gasteiger partial charge in [-0.15, -0.1) is 0 Å². The number of ether oxygens (including phenoxy) is 1. The van der Waals surface area contributed by atoms with Crippen LogP contribution in [0.4, 0.5) is 4.39 Å². The maximum atomic E-state index is 13.7. The number of allylic oxidation sites excluding steroid dienone is 1. The van der Waals surface area contributed by atoms with Gasteiger partial charge in [-0.3, -0.25) is 0 Å². The standard InChI is InChI=1S/C13H17FO/c1-5-9(3)12-7-10(15-4)8-13(14)11(12)6-2/h7-8H,3,5-6H2,1-2,4H3. The van der Waals surface area contributed by atoms with Gasteiger partial charge in [-0.05, 0) is 35.6 Å². The number of methoxy groups -OCH3 is 1. The second-order valence-electron chi connectivity index (χ2n) is 3.45. The Morgan fingerprint density at radius 1 is 1.40 bits per heavy atom. The van der Waals surface area contributed by atoms with Gasteiger partial charge in [0.05, 0.1) is 7.11 Å². The molecule has 0 saturated carbocycles. The summed E-state index contributed by atoms with van der Waals surface area (Å²) in [6, 6.07) is 3.28. The van der Waals surface area contributed by atoms with Crippen LogP contribution < -0.4 is 4.74 Å². The van der Waals surface area contributed by atoms with Crippen LogP contribution in [0.2, 0.25) is 0 Å². The lowest BCUT2D eigenvalue weighted by Gasteiger charge is -2.12. The third-order valence-corrected chi connectivity index (χ3v) is 2.57. The Balaban J connectivity index is 3.32. The molecule has 0 atom stereocenters. The summed E-state index contributed by atoms with van der Waals surface area (Å²) in [5.41, 5.74) is 2.56. The Morgan fingerprint density at radius 3 is 2.53 bits per heavy atom. The molecule has 0 saturated heterocycles. The Labute approximate surface area is 90.6 Å². The minimum absolute atomic E-state index is 0.207. The zero-order chi connectivity index (χ0) is 11.4. The first-order chi connectivity index (χ1) is 7.13. The lowest BCUT2D eigenvalue weighted by atomic mass is 9.96. The highest BCUT2D eigenvalue weighted by atomic mass is 19.1. The van der Waals surface area contributed by atoms with Crippen molar-refractivity contribution in [2.75, 3.05) is 7.11 Å². The van der Waals surface area contributed by atoms with Gasteiger partial charge in [0.1, 0.15) is 11.6 Å².